The van der Waals surface area contributed by atoms with Gasteiger partial charge in [-0.2, -0.15) is 0 Å². The van der Waals surface area contributed by atoms with Crippen LogP contribution < -0.4 is 20.1 Å². The SMILES string of the molecule is CCOc1ccc(CNC(=NC)NCc2ccc(C)cc2OCCCOC)cc1F.I. The van der Waals surface area contributed by atoms with Crippen LogP contribution >= 0.6 is 24.0 Å². The molecule has 0 heterocycles. The van der Waals surface area contributed by atoms with E-state index in [0.29, 0.717) is 38.9 Å². The number of halogens is 2. The number of aryl methyl sites for hydroxylation is 1. The van der Waals surface area contributed by atoms with E-state index < -0.39 is 0 Å². The number of aliphatic imine (C=N–C) groups is 1. The zero-order chi connectivity index (χ0) is 21.8. The summed E-state index contributed by atoms with van der Waals surface area (Å²) in [5, 5.41) is 6.48. The Morgan fingerprint density at radius 3 is 2.45 bits per heavy atom. The van der Waals surface area contributed by atoms with E-state index in [1.165, 1.54) is 6.07 Å². The Hall–Kier alpha value is -2.07. The standard InChI is InChI=1S/C23H32FN3O3.HI/c1-5-29-21-10-8-18(14-20(21)24)15-26-23(25-3)27-16-19-9-7-17(2)13-22(19)30-12-6-11-28-4;/h7-10,13-14H,5-6,11-12,15-16H2,1-4H3,(H2,25,26,27);1H. The molecule has 0 unspecified atom stereocenters. The average Bonchev–Trinajstić information content (AvgIpc) is 2.74. The number of guanidine groups is 1. The van der Waals surface area contributed by atoms with Gasteiger partial charge in [-0.15, -0.1) is 24.0 Å². The highest BCUT2D eigenvalue weighted by atomic mass is 127. The molecular weight excluding hydrogens is 512 g/mol. The molecule has 0 saturated carbocycles. The zero-order valence-electron chi connectivity index (χ0n) is 18.7. The molecule has 0 saturated heterocycles. The number of benzene rings is 2. The fraction of sp³-hybridized carbons (Fsp3) is 0.435. The summed E-state index contributed by atoms with van der Waals surface area (Å²) in [5.74, 6) is 1.37. The Morgan fingerprint density at radius 2 is 1.77 bits per heavy atom. The number of hydrogen-bond donors (Lipinski definition) is 2. The van der Waals surface area contributed by atoms with Crippen LogP contribution in [0.1, 0.15) is 30.0 Å². The highest BCUT2D eigenvalue weighted by Crippen LogP contribution is 2.21. The van der Waals surface area contributed by atoms with Crippen LogP contribution in [0.4, 0.5) is 4.39 Å². The molecule has 2 N–H and O–H groups in total. The molecule has 0 fully saturated rings. The van der Waals surface area contributed by atoms with Gasteiger partial charge in [0.25, 0.3) is 0 Å². The lowest BCUT2D eigenvalue weighted by molar-refractivity contribution is 0.171. The predicted molar refractivity (Wildman–Crippen MR) is 133 cm³/mol. The van der Waals surface area contributed by atoms with Gasteiger partial charge in [0, 0.05) is 45.8 Å². The first-order valence-electron chi connectivity index (χ1n) is 10.1. The van der Waals surface area contributed by atoms with Gasteiger partial charge < -0.3 is 24.8 Å². The summed E-state index contributed by atoms with van der Waals surface area (Å²) in [6.07, 6.45) is 0.833. The number of rotatable bonds is 11. The van der Waals surface area contributed by atoms with Crippen molar-refractivity contribution < 1.29 is 18.6 Å². The maximum Gasteiger partial charge on any atom is 0.191 e. The lowest BCUT2D eigenvalue weighted by Gasteiger charge is -2.16. The molecular formula is C23H33FIN3O3. The third kappa shape index (κ3) is 9.30. The van der Waals surface area contributed by atoms with Gasteiger partial charge in [-0.1, -0.05) is 18.2 Å². The van der Waals surface area contributed by atoms with Crippen molar-refractivity contribution in [1.82, 2.24) is 10.6 Å². The van der Waals surface area contributed by atoms with E-state index in [1.54, 1.807) is 20.2 Å². The van der Waals surface area contributed by atoms with E-state index in [0.717, 1.165) is 28.9 Å². The number of ether oxygens (including phenoxy) is 3. The normalized spacial score (nSPS) is 10.9. The fourth-order valence-corrected chi connectivity index (χ4v) is 2.84. The average molecular weight is 545 g/mol. The number of nitrogens with zero attached hydrogens (tertiary/aromatic N) is 1. The second-order valence-electron chi connectivity index (χ2n) is 6.78. The predicted octanol–water partition coefficient (Wildman–Crippen LogP) is 4.43. The minimum absolute atomic E-state index is 0. The Balaban J connectivity index is 0.00000480. The molecule has 2 rings (SSSR count). The zero-order valence-corrected chi connectivity index (χ0v) is 21.0. The van der Waals surface area contributed by atoms with Crippen molar-refractivity contribution in [3.8, 4) is 11.5 Å². The van der Waals surface area contributed by atoms with Gasteiger partial charge in [0.2, 0.25) is 0 Å². The quantitative estimate of drug-likeness (QED) is 0.189. The van der Waals surface area contributed by atoms with Gasteiger partial charge in [-0.3, -0.25) is 4.99 Å². The van der Waals surface area contributed by atoms with Crippen molar-refractivity contribution in [2.45, 2.75) is 33.4 Å². The summed E-state index contributed by atoms with van der Waals surface area (Å²) in [4.78, 5) is 4.24. The first-order valence-corrected chi connectivity index (χ1v) is 10.1. The van der Waals surface area contributed by atoms with Crippen molar-refractivity contribution in [3.63, 3.8) is 0 Å². The van der Waals surface area contributed by atoms with E-state index in [4.69, 9.17) is 14.2 Å². The fourth-order valence-electron chi connectivity index (χ4n) is 2.84. The van der Waals surface area contributed by atoms with Crippen LogP contribution in [0.3, 0.4) is 0 Å². The summed E-state index contributed by atoms with van der Waals surface area (Å²) in [6.45, 7) is 6.56. The highest BCUT2D eigenvalue weighted by molar-refractivity contribution is 14.0. The molecule has 0 bridgehead atoms. The molecule has 0 spiro atoms. The molecule has 0 radical (unpaired) electrons. The highest BCUT2D eigenvalue weighted by Gasteiger charge is 2.08. The van der Waals surface area contributed by atoms with Crippen LogP contribution in [0, 0.1) is 12.7 Å². The first-order chi connectivity index (χ1) is 14.6. The summed E-state index contributed by atoms with van der Waals surface area (Å²) >= 11 is 0. The molecule has 0 aliphatic rings. The van der Waals surface area contributed by atoms with Crippen molar-refractivity contribution in [2.75, 3.05) is 34.0 Å². The molecule has 0 aliphatic heterocycles. The number of hydrogen-bond acceptors (Lipinski definition) is 4. The van der Waals surface area contributed by atoms with E-state index in [1.807, 2.05) is 32.0 Å². The summed E-state index contributed by atoms with van der Waals surface area (Å²) < 4.78 is 30.3. The lowest BCUT2D eigenvalue weighted by atomic mass is 10.1. The molecule has 0 atom stereocenters. The van der Waals surface area contributed by atoms with E-state index in [9.17, 15) is 4.39 Å². The molecule has 0 aliphatic carbocycles. The monoisotopic (exact) mass is 545 g/mol. The minimum atomic E-state index is -0.367. The molecule has 6 nitrogen and oxygen atoms in total. The van der Waals surface area contributed by atoms with Crippen LogP contribution in [-0.4, -0.2) is 39.9 Å². The smallest absolute Gasteiger partial charge is 0.191 e. The summed E-state index contributed by atoms with van der Waals surface area (Å²) in [5.41, 5.74) is 2.98. The maximum atomic E-state index is 14.0. The topological polar surface area (TPSA) is 64.1 Å². The maximum absolute atomic E-state index is 14.0. The van der Waals surface area contributed by atoms with Gasteiger partial charge in [0.15, 0.2) is 17.5 Å². The Morgan fingerprint density at radius 1 is 1.00 bits per heavy atom. The molecule has 31 heavy (non-hydrogen) atoms. The van der Waals surface area contributed by atoms with Crippen LogP contribution in [0.25, 0.3) is 0 Å². The summed E-state index contributed by atoms with van der Waals surface area (Å²) in [6, 6.07) is 11.1. The number of nitrogens with one attached hydrogen (secondary N) is 2. The molecule has 0 aromatic heterocycles. The molecule has 172 valence electrons. The second kappa shape index (κ2) is 14.9. The Labute approximate surface area is 201 Å². The van der Waals surface area contributed by atoms with Crippen molar-refractivity contribution >= 4 is 29.9 Å². The molecule has 2 aromatic rings. The van der Waals surface area contributed by atoms with E-state index in [-0.39, 0.29) is 35.5 Å². The summed E-state index contributed by atoms with van der Waals surface area (Å²) in [7, 11) is 3.38. The molecule has 8 heteroatoms. The van der Waals surface area contributed by atoms with Gasteiger partial charge >= 0.3 is 0 Å². The second-order valence-corrected chi connectivity index (χ2v) is 6.78. The van der Waals surface area contributed by atoms with E-state index >= 15 is 0 Å². The third-order valence-electron chi connectivity index (χ3n) is 4.40. The van der Waals surface area contributed by atoms with Gasteiger partial charge in [0.1, 0.15) is 5.75 Å². The van der Waals surface area contributed by atoms with Crippen LogP contribution in [-0.2, 0) is 17.8 Å². The first kappa shape index (κ1) is 27.0. The van der Waals surface area contributed by atoms with Gasteiger partial charge in [-0.05, 0) is 43.2 Å². The Bertz CT molecular complexity index is 834. The van der Waals surface area contributed by atoms with Crippen molar-refractivity contribution in [2.24, 2.45) is 4.99 Å². The lowest BCUT2D eigenvalue weighted by Crippen LogP contribution is -2.36. The van der Waals surface area contributed by atoms with Gasteiger partial charge in [0.05, 0.1) is 13.2 Å². The van der Waals surface area contributed by atoms with Crippen molar-refractivity contribution in [3.05, 3.63) is 58.9 Å². The molecule has 2 aromatic carbocycles. The number of methoxy groups -OCH3 is 1. The third-order valence-corrected chi connectivity index (χ3v) is 4.40. The van der Waals surface area contributed by atoms with Crippen molar-refractivity contribution in [1.29, 1.82) is 0 Å². The Kier molecular flexibility index (Phi) is 12.9. The van der Waals surface area contributed by atoms with Crippen LogP contribution in [0.15, 0.2) is 41.4 Å². The van der Waals surface area contributed by atoms with E-state index in [2.05, 4.69) is 21.7 Å². The minimum Gasteiger partial charge on any atom is -0.493 e. The van der Waals surface area contributed by atoms with Crippen LogP contribution in [0.5, 0.6) is 11.5 Å². The molecule has 0 amide bonds. The van der Waals surface area contributed by atoms with Crippen LogP contribution in [0.2, 0.25) is 0 Å². The largest absolute Gasteiger partial charge is 0.493 e. The van der Waals surface area contributed by atoms with Gasteiger partial charge in [-0.25, -0.2) is 4.39 Å².